The van der Waals surface area contributed by atoms with Gasteiger partial charge in [-0.1, -0.05) is 55.4 Å². The average molecular weight is 490 g/mol. The van der Waals surface area contributed by atoms with E-state index in [0.717, 1.165) is 28.7 Å². The predicted octanol–water partition coefficient (Wildman–Crippen LogP) is 6.84. The van der Waals surface area contributed by atoms with E-state index in [2.05, 4.69) is 38.8 Å². The third kappa shape index (κ3) is 5.00. The molecular weight excluding hydrogens is 466 g/mol. The molecule has 0 bridgehead atoms. The molecule has 1 aromatic carbocycles. The predicted molar refractivity (Wildman–Crippen MR) is 127 cm³/mol. The van der Waals surface area contributed by atoms with E-state index in [-0.39, 0.29) is 17.9 Å². The van der Waals surface area contributed by atoms with Crippen molar-refractivity contribution in [3.63, 3.8) is 0 Å². The second-order valence-corrected chi connectivity index (χ2v) is 9.80. The molecule has 32 heavy (non-hydrogen) atoms. The Hall–Kier alpha value is -2.36. The fourth-order valence-corrected chi connectivity index (χ4v) is 5.12. The minimum atomic E-state index is -0.0779. The molecule has 4 rings (SSSR count). The van der Waals surface area contributed by atoms with Crippen molar-refractivity contribution in [3.8, 4) is 16.5 Å². The van der Waals surface area contributed by atoms with E-state index in [1.54, 1.807) is 29.2 Å². The van der Waals surface area contributed by atoms with Crippen LogP contribution in [0.1, 0.15) is 56.6 Å². The zero-order valence-electron chi connectivity index (χ0n) is 18.1. The van der Waals surface area contributed by atoms with E-state index >= 15 is 0 Å². The van der Waals surface area contributed by atoms with E-state index in [4.69, 9.17) is 20.8 Å². The van der Waals surface area contributed by atoms with Crippen LogP contribution >= 0.6 is 34.7 Å². The van der Waals surface area contributed by atoms with Crippen LogP contribution in [0, 0.1) is 0 Å². The van der Waals surface area contributed by atoms with E-state index in [9.17, 15) is 0 Å². The van der Waals surface area contributed by atoms with Crippen LogP contribution in [-0.2, 0) is 6.61 Å². The van der Waals surface area contributed by atoms with E-state index in [1.807, 2.05) is 42.6 Å². The first kappa shape index (κ1) is 22.8. The lowest BCUT2D eigenvalue weighted by Gasteiger charge is -2.20. The Labute approximate surface area is 200 Å². The molecule has 0 fully saturated rings. The molecule has 4 aromatic rings. The van der Waals surface area contributed by atoms with Gasteiger partial charge >= 0.3 is 0 Å². The van der Waals surface area contributed by atoms with Gasteiger partial charge in [0.2, 0.25) is 5.89 Å². The largest absolute Gasteiger partial charge is 0.484 e. The number of thiophene rings is 1. The van der Waals surface area contributed by atoms with E-state index < -0.39 is 0 Å². The Kier molecular flexibility index (Phi) is 7.49. The highest BCUT2D eigenvalue weighted by molar-refractivity contribution is 7.99. The first-order valence-electron chi connectivity index (χ1n) is 10.5. The van der Waals surface area contributed by atoms with Crippen LogP contribution in [0.4, 0.5) is 0 Å². The summed E-state index contributed by atoms with van der Waals surface area (Å²) in [5, 5.41) is 20.6. The quantitative estimate of drug-likeness (QED) is 0.226. The third-order valence-corrected chi connectivity index (χ3v) is 7.25. The summed E-state index contributed by atoms with van der Waals surface area (Å²) in [4.78, 5) is 0.958. The molecule has 168 valence electrons. The number of hydrogen-bond acceptors (Lipinski definition) is 8. The highest BCUT2D eigenvalue weighted by Gasteiger charge is 2.24. The van der Waals surface area contributed by atoms with Gasteiger partial charge in [0, 0.05) is 6.04 Å². The van der Waals surface area contributed by atoms with Gasteiger partial charge in [0.15, 0.2) is 11.0 Å². The number of halogens is 1. The second-order valence-electron chi connectivity index (χ2n) is 7.14. The minimum Gasteiger partial charge on any atom is -0.484 e. The maximum absolute atomic E-state index is 6.23. The Morgan fingerprint density at radius 3 is 2.62 bits per heavy atom. The van der Waals surface area contributed by atoms with Crippen LogP contribution in [0.5, 0.6) is 5.75 Å². The molecule has 0 aliphatic rings. The molecule has 0 saturated carbocycles. The lowest BCUT2D eigenvalue weighted by molar-refractivity contribution is 0.278. The molecule has 3 aromatic heterocycles. The molecule has 0 amide bonds. The van der Waals surface area contributed by atoms with Gasteiger partial charge in [-0.05, 0) is 43.3 Å². The smallest absolute Gasteiger partial charge is 0.257 e. The number of para-hydroxylation sites is 1. The van der Waals surface area contributed by atoms with Crippen LogP contribution < -0.4 is 4.74 Å². The number of aromatic nitrogens is 5. The molecule has 0 aliphatic heterocycles. The average Bonchev–Trinajstić information content (AvgIpc) is 3.56. The molecule has 0 aliphatic carbocycles. The number of rotatable bonds is 10. The van der Waals surface area contributed by atoms with Gasteiger partial charge in [-0.3, -0.25) is 0 Å². The maximum atomic E-state index is 6.23. The summed E-state index contributed by atoms with van der Waals surface area (Å²) in [5.74, 6) is 2.49. The van der Waals surface area contributed by atoms with E-state index in [0.29, 0.717) is 22.6 Å². The molecule has 1 atom stereocenters. The molecule has 0 radical (unpaired) electrons. The van der Waals surface area contributed by atoms with Crippen LogP contribution in [0.2, 0.25) is 5.02 Å². The summed E-state index contributed by atoms with van der Waals surface area (Å²) in [6.07, 6.45) is 1.91. The zero-order valence-corrected chi connectivity index (χ0v) is 20.5. The van der Waals surface area contributed by atoms with Gasteiger partial charge in [0.25, 0.3) is 5.89 Å². The van der Waals surface area contributed by atoms with Crippen molar-refractivity contribution in [2.45, 2.75) is 56.7 Å². The Bertz CT molecular complexity index is 1140. The van der Waals surface area contributed by atoms with Crippen molar-refractivity contribution in [3.05, 3.63) is 58.5 Å². The fraction of sp³-hybridized carbons (Fsp3) is 0.364. The van der Waals surface area contributed by atoms with Crippen molar-refractivity contribution < 1.29 is 9.15 Å². The van der Waals surface area contributed by atoms with Gasteiger partial charge in [-0.25, -0.2) is 0 Å². The lowest BCUT2D eigenvalue weighted by atomic mass is 10.2. The van der Waals surface area contributed by atoms with Crippen molar-refractivity contribution in [2.75, 3.05) is 0 Å². The lowest BCUT2D eigenvalue weighted by Crippen LogP contribution is -2.14. The molecule has 0 N–H and O–H groups in total. The van der Waals surface area contributed by atoms with Gasteiger partial charge in [-0.2, -0.15) is 0 Å². The summed E-state index contributed by atoms with van der Waals surface area (Å²) >= 11 is 9.36. The molecule has 1 unspecified atom stereocenters. The first-order valence-corrected chi connectivity index (χ1v) is 12.6. The maximum Gasteiger partial charge on any atom is 0.257 e. The molecular formula is C22H24ClN5O2S2. The van der Waals surface area contributed by atoms with Crippen LogP contribution in [-0.4, -0.2) is 25.0 Å². The molecule has 10 heteroatoms. The summed E-state index contributed by atoms with van der Waals surface area (Å²) in [6.45, 7) is 6.64. The molecule has 0 saturated heterocycles. The van der Waals surface area contributed by atoms with Gasteiger partial charge in [0.1, 0.15) is 12.4 Å². The minimum absolute atomic E-state index is 0.0779. The molecule has 7 nitrogen and oxygen atoms in total. The van der Waals surface area contributed by atoms with Crippen LogP contribution in [0.15, 0.2) is 51.4 Å². The van der Waals surface area contributed by atoms with Gasteiger partial charge in [-0.15, -0.1) is 31.7 Å². The Morgan fingerprint density at radius 2 is 1.91 bits per heavy atom. The summed E-state index contributed by atoms with van der Waals surface area (Å²) in [7, 11) is 0. The number of thioether (sulfide) groups is 1. The zero-order chi connectivity index (χ0) is 22.5. The van der Waals surface area contributed by atoms with Crippen molar-refractivity contribution >= 4 is 34.7 Å². The summed E-state index contributed by atoms with van der Waals surface area (Å²) < 4.78 is 14.0. The van der Waals surface area contributed by atoms with Gasteiger partial charge < -0.3 is 13.7 Å². The van der Waals surface area contributed by atoms with Crippen molar-refractivity contribution in [1.29, 1.82) is 0 Å². The summed E-state index contributed by atoms with van der Waals surface area (Å²) in [5.41, 5.74) is 0. The third-order valence-electron chi connectivity index (χ3n) is 5.04. The van der Waals surface area contributed by atoms with Crippen LogP contribution in [0.25, 0.3) is 10.8 Å². The first-order chi connectivity index (χ1) is 15.6. The Balaban J connectivity index is 1.54. The van der Waals surface area contributed by atoms with Crippen molar-refractivity contribution in [1.82, 2.24) is 25.0 Å². The Morgan fingerprint density at radius 1 is 1.09 bits per heavy atom. The number of hydrogen-bond donors (Lipinski definition) is 0. The molecule has 0 spiro atoms. The highest BCUT2D eigenvalue weighted by Crippen LogP contribution is 2.37. The monoisotopic (exact) mass is 489 g/mol. The number of nitrogens with zero attached hydrogens (tertiary/aromatic N) is 5. The van der Waals surface area contributed by atoms with Gasteiger partial charge in [0.05, 0.1) is 15.1 Å². The molecule has 3 heterocycles. The highest BCUT2D eigenvalue weighted by atomic mass is 35.5. The number of ether oxygens (including phenoxy) is 1. The normalized spacial score (nSPS) is 12.4. The fourth-order valence-electron chi connectivity index (χ4n) is 3.32. The standard InChI is InChI=1S/C22H24ClN5O2S2/c1-4-15(5-2)28-19(13-29-17-10-7-6-9-16(17)23)24-27-22(28)32-14(3)20-25-26-21(30-20)18-11-8-12-31-18/h6-12,14-15H,4-5,13H2,1-3H3. The summed E-state index contributed by atoms with van der Waals surface area (Å²) in [6, 6.07) is 11.6. The second kappa shape index (κ2) is 10.5. The van der Waals surface area contributed by atoms with Crippen LogP contribution in [0.3, 0.4) is 0 Å². The van der Waals surface area contributed by atoms with E-state index in [1.165, 1.54) is 0 Å². The van der Waals surface area contributed by atoms with Crippen molar-refractivity contribution in [2.24, 2.45) is 0 Å². The number of benzene rings is 1. The topological polar surface area (TPSA) is 78.9 Å². The SMILES string of the molecule is CCC(CC)n1c(COc2ccccc2Cl)nnc1SC(C)c1nnc(-c2cccs2)o1.